The van der Waals surface area contributed by atoms with Crippen LogP contribution in [-0.2, 0) is 0 Å². The molecule has 1 aliphatic carbocycles. The lowest BCUT2D eigenvalue weighted by Crippen LogP contribution is -1.97. The van der Waals surface area contributed by atoms with Crippen molar-refractivity contribution in [2.24, 2.45) is 0 Å². The zero-order valence-corrected chi connectivity index (χ0v) is 5.22. The second kappa shape index (κ2) is 2.31. The third kappa shape index (κ3) is 1.10. The largest absolute Gasteiger partial charge is 0.392 e. The van der Waals surface area contributed by atoms with Crippen LogP contribution in [0.1, 0.15) is 26.2 Å². The van der Waals surface area contributed by atoms with E-state index in [0.717, 1.165) is 19.3 Å². The minimum absolute atomic E-state index is 0.0649. The highest BCUT2D eigenvalue weighted by Crippen LogP contribution is 2.20. The Balaban J connectivity index is 2.37. The summed E-state index contributed by atoms with van der Waals surface area (Å²) >= 11 is 0. The van der Waals surface area contributed by atoms with Crippen LogP contribution in [0, 0.1) is 0 Å². The summed E-state index contributed by atoms with van der Waals surface area (Å²) in [5, 5.41) is 8.98. The van der Waals surface area contributed by atoms with Crippen molar-refractivity contribution in [3.8, 4) is 0 Å². The van der Waals surface area contributed by atoms with E-state index in [2.05, 4.69) is 13.0 Å². The lowest BCUT2D eigenvalue weighted by molar-refractivity contribution is 0.187. The Labute approximate surface area is 50.0 Å². The van der Waals surface area contributed by atoms with Gasteiger partial charge in [-0.05, 0) is 19.3 Å². The molecule has 0 saturated heterocycles. The quantitative estimate of drug-likeness (QED) is 0.509. The summed E-state index contributed by atoms with van der Waals surface area (Å²) in [6, 6.07) is 0. The van der Waals surface area contributed by atoms with Gasteiger partial charge in [-0.1, -0.05) is 18.6 Å². The fourth-order valence-electron chi connectivity index (χ4n) is 1.06. The van der Waals surface area contributed by atoms with Gasteiger partial charge in [-0.25, -0.2) is 0 Å². The first-order valence-electron chi connectivity index (χ1n) is 3.19. The molecule has 1 aliphatic rings. The summed E-state index contributed by atoms with van der Waals surface area (Å²) < 4.78 is 0. The first kappa shape index (κ1) is 5.83. The second-order valence-corrected chi connectivity index (χ2v) is 2.31. The summed E-state index contributed by atoms with van der Waals surface area (Å²) in [5.41, 5.74) is 1.41. The zero-order valence-electron chi connectivity index (χ0n) is 5.22. The van der Waals surface area contributed by atoms with Crippen LogP contribution in [0.5, 0.6) is 0 Å². The van der Waals surface area contributed by atoms with E-state index in [1.165, 1.54) is 5.57 Å². The molecular weight excluding hydrogens is 100 g/mol. The maximum Gasteiger partial charge on any atom is 0.0611 e. The van der Waals surface area contributed by atoms with Crippen LogP contribution in [0.25, 0.3) is 0 Å². The summed E-state index contributed by atoms with van der Waals surface area (Å²) in [7, 11) is 0. The molecular formula is C7H12O. The van der Waals surface area contributed by atoms with Gasteiger partial charge in [0, 0.05) is 0 Å². The van der Waals surface area contributed by atoms with Gasteiger partial charge in [0.25, 0.3) is 0 Å². The topological polar surface area (TPSA) is 20.2 Å². The SMILES string of the molecule is CCC1=CC[C@H](O)C1. The average Bonchev–Trinajstić information content (AvgIpc) is 2.14. The number of aliphatic hydroxyl groups excluding tert-OH is 1. The van der Waals surface area contributed by atoms with Crippen LogP contribution in [0.4, 0.5) is 0 Å². The van der Waals surface area contributed by atoms with E-state index in [1.54, 1.807) is 0 Å². The van der Waals surface area contributed by atoms with Gasteiger partial charge in [-0.15, -0.1) is 0 Å². The molecule has 1 N–H and O–H groups in total. The Hall–Kier alpha value is -0.300. The van der Waals surface area contributed by atoms with E-state index in [9.17, 15) is 0 Å². The number of hydrogen-bond donors (Lipinski definition) is 1. The van der Waals surface area contributed by atoms with Crippen molar-refractivity contribution in [3.63, 3.8) is 0 Å². The maximum atomic E-state index is 8.98. The molecule has 0 aromatic carbocycles. The highest BCUT2D eigenvalue weighted by molar-refractivity contribution is 5.09. The fraction of sp³-hybridized carbons (Fsp3) is 0.714. The molecule has 0 heterocycles. The molecule has 46 valence electrons. The van der Waals surface area contributed by atoms with Crippen molar-refractivity contribution in [2.45, 2.75) is 32.3 Å². The predicted molar refractivity (Wildman–Crippen MR) is 33.6 cm³/mol. The fourth-order valence-corrected chi connectivity index (χ4v) is 1.06. The van der Waals surface area contributed by atoms with Crippen molar-refractivity contribution in [1.82, 2.24) is 0 Å². The molecule has 1 rings (SSSR count). The van der Waals surface area contributed by atoms with Gasteiger partial charge >= 0.3 is 0 Å². The van der Waals surface area contributed by atoms with Crippen molar-refractivity contribution >= 4 is 0 Å². The van der Waals surface area contributed by atoms with E-state index in [-0.39, 0.29) is 6.10 Å². The Morgan fingerprint density at radius 1 is 1.88 bits per heavy atom. The monoisotopic (exact) mass is 112 g/mol. The zero-order chi connectivity index (χ0) is 5.98. The molecule has 0 fully saturated rings. The summed E-state index contributed by atoms with van der Waals surface area (Å²) in [6.07, 6.45) is 4.98. The number of rotatable bonds is 1. The van der Waals surface area contributed by atoms with Gasteiger partial charge in [0.1, 0.15) is 0 Å². The Morgan fingerprint density at radius 3 is 2.88 bits per heavy atom. The van der Waals surface area contributed by atoms with Crippen molar-refractivity contribution in [2.75, 3.05) is 0 Å². The van der Waals surface area contributed by atoms with Gasteiger partial charge in [-0.3, -0.25) is 0 Å². The van der Waals surface area contributed by atoms with Gasteiger partial charge in [0.2, 0.25) is 0 Å². The summed E-state index contributed by atoms with van der Waals surface area (Å²) in [5.74, 6) is 0. The third-order valence-corrected chi connectivity index (χ3v) is 1.63. The average molecular weight is 112 g/mol. The molecule has 0 unspecified atom stereocenters. The Bertz CT molecular complexity index is 105. The molecule has 0 amide bonds. The van der Waals surface area contributed by atoms with Crippen LogP contribution < -0.4 is 0 Å². The number of hydrogen-bond acceptors (Lipinski definition) is 1. The molecule has 1 nitrogen and oxygen atoms in total. The van der Waals surface area contributed by atoms with E-state index >= 15 is 0 Å². The van der Waals surface area contributed by atoms with Crippen LogP contribution in [0.15, 0.2) is 11.6 Å². The van der Waals surface area contributed by atoms with Gasteiger partial charge in [-0.2, -0.15) is 0 Å². The maximum absolute atomic E-state index is 8.98. The molecule has 1 heteroatoms. The molecule has 0 spiro atoms. The number of aliphatic hydroxyl groups is 1. The van der Waals surface area contributed by atoms with E-state index in [1.807, 2.05) is 0 Å². The molecule has 0 bridgehead atoms. The highest BCUT2D eigenvalue weighted by Gasteiger charge is 2.10. The molecule has 0 aromatic heterocycles. The second-order valence-electron chi connectivity index (χ2n) is 2.31. The van der Waals surface area contributed by atoms with Crippen LogP contribution >= 0.6 is 0 Å². The van der Waals surface area contributed by atoms with Gasteiger partial charge in [0.15, 0.2) is 0 Å². The van der Waals surface area contributed by atoms with Crippen LogP contribution in [-0.4, -0.2) is 11.2 Å². The third-order valence-electron chi connectivity index (χ3n) is 1.63. The first-order chi connectivity index (χ1) is 3.83. The van der Waals surface area contributed by atoms with Crippen molar-refractivity contribution in [1.29, 1.82) is 0 Å². The van der Waals surface area contributed by atoms with Crippen LogP contribution in [0.3, 0.4) is 0 Å². The molecule has 0 saturated carbocycles. The smallest absolute Gasteiger partial charge is 0.0611 e. The van der Waals surface area contributed by atoms with Gasteiger partial charge < -0.3 is 5.11 Å². The Kier molecular flexibility index (Phi) is 1.69. The lowest BCUT2D eigenvalue weighted by atomic mass is 10.2. The summed E-state index contributed by atoms with van der Waals surface area (Å²) in [4.78, 5) is 0. The highest BCUT2D eigenvalue weighted by atomic mass is 16.3. The van der Waals surface area contributed by atoms with E-state index in [4.69, 9.17) is 5.11 Å². The standard InChI is InChI=1S/C7H12O/c1-2-6-3-4-7(8)5-6/h3,7-8H,2,4-5H2,1H3/t7-/m0/s1. The molecule has 1 atom stereocenters. The van der Waals surface area contributed by atoms with E-state index < -0.39 is 0 Å². The molecule has 0 aliphatic heterocycles. The Morgan fingerprint density at radius 2 is 2.62 bits per heavy atom. The lowest BCUT2D eigenvalue weighted by Gasteiger charge is -1.97. The van der Waals surface area contributed by atoms with Crippen LogP contribution in [0.2, 0.25) is 0 Å². The summed E-state index contributed by atoms with van der Waals surface area (Å²) in [6.45, 7) is 2.13. The molecule has 0 aromatic rings. The normalized spacial score (nSPS) is 28.2. The first-order valence-corrected chi connectivity index (χ1v) is 3.19. The van der Waals surface area contributed by atoms with E-state index in [0.29, 0.717) is 0 Å². The molecule has 0 radical (unpaired) electrons. The molecule has 8 heavy (non-hydrogen) atoms. The minimum Gasteiger partial charge on any atom is -0.392 e. The van der Waals surface area contributed by atoms with Crippen molar-refractivity contribution in [3.05, 3.63) is 11.6 Å². The predicted octanol–water partition coefficient (Wildman–Crippen LogP) is 1.48. The minimum atomic E-state index is -0.0649. The van der Waals surface area contributed by atoms with Crippen molar-refractivity contribution < 1.29 is 5.11 Å². The van der Waals surface area contributed by atoms with Gasteiger partial charge in [0.05, 0.1) is 6.10 Å².